The second-order valence-corrected chi connectivity index (χ2v) is 6.54. The number of aromatic nitrogens is 1. The van der Waals surface area contributed by atoms with E-state index in [1.807, 2.05) is 12.3 Å². The van der Waals surface area contributed by atoms with E-state index in [9.17, 15) is 9.18 Å². The Kier molecular flexibility index (Phi) is 5.40. The molecule has 1 N–H and O–H groups in total. The monoisotopic (exact) mass is 356 g/mol. The lowest BCUT2D eigenvalue weighted by Crippen LogP contribution is -2.22. The van der Waals surface area contributed by atoms with E-state index in [0.717, 1.165) is 16.3 Å². The fraction of sp³-hybridized carbons (Fsp3) is 0.158. The number of hydrogen-bond donors (Lipinski definition) is 1. The summed E-state index contributed by atoms with van der Waals surface area (Å²) >= 11 is 1.59. The maximum absolute atomic E-state index is 12.9. The van der Waals surface area contributed by atoms with Crippen molar-refractivity contribution in [2.75, 3.05) is 0 Å². The summed E-state index contributed by atoms with van der Waals surface area (Å²) in [7, 11) is 0. The molecule has 2 aromatic carbocycles. The average Bonchev–Trinajstić information content (AvgIpc) is 3.05. The van der Waals surface area contributed by atoms with Gasteiger partial charge in [0.15, 0.2) is 0 Å². The molecule has 1 aromatic heterocycles. The van der Waals surface area contributed by atoms with Crippen LogP contribution in [0.3, 0.4) is 0 Å². The Balaban J connectivity index is 1.52. The van der Waals surface area contributed by atoms with Gasteiger partial charge >= 0.3 is 0 Å². The third-order valence-corrected chi connectivity index (χ3v) is 4.36. The maximum atomic E-state index is 12.9. The van der Waals surface area contributed by atoms with E-state index < -0.39 is 0 Å². The summed E-state index contributed by atoms with van der Waals surface area (Å²) in [6.07, 6.45) is 0. The van der Waals surface area contributed by atoms with Crippen LogP contribution in [0.15, 0.2) is 53.9 Å². The van der Waals surface area contributed by atoms with Gasteiger partial charge in [-0.2, -0.15) is 0 Å². The van der Waals surface area contributed by atoms with Crippen LogP contribution >= 0.6 is 11.3 Å². The van der Waals surface area contributed by atoms with E-state index in [4.69, 9.17) is 4.74 Å². The smallest absolute Gasteiger partial charge is 0.251 e. The molecule has 0 unspecified atom stereocenters. The molecule has 25 heavy (non-hydrogen) atoms. The Morgan fingerprint density at radius 2 is 1.88 bits per heavy atom. The molecule has 1 heterocycles. The normalized spacial score (nSPS) is 10.5. The number of benzene rings is 2. The van der Waals surface area contributed by atoms with Crippen LogP contribution in [0.25, 0.3) is 0 Å². The molecule has 0 aliphatic heterocycles. The third-order valence-electron chi connectivity index (χ3n) is 3.54. The zero-order valence-electron chi connectivity index (χ0n) is 13.7. The van der Waals surface area contributed by atoms with Crippen LogP contribution in [0, 0.1) is 12.7 Å². The molecule has 6 heteroatoms. The molecular formula is C19H17FN2O2S. The van der Waals surface area contributed by atoms with E-state index in [2.05, 4.69) is 10.3 Å². The van der Waals surface area contributed by atoms with E-state index in [-0.39, 0.29) is 11.7 Å². The van der Waals surface area contributed by atoms with E-state index in [0.29, 0.717) is 24.5 Å². The van der Waals surface area contributed by atoms with Crippen molar-refractivity contribution >= 4 is 17.2 Å². The third kappa shape index (κ3) is 4.87. The first-order chi connectivity index (χ1) is 12.1. The Morgan fingerprint density at radius 1 is 1.16 bits per heavy atom. The predicted octanol–water partition coefficient (Wildman–Crippen LogP) is 4.10. The Morgan fingerprint density at radius 3 is 2.52 bits per heavy atom. The highest BCUT2D eigenvalue weighted by Gasteiger charge is 2.06. The summed E-state index contributed by atoms with van der Waals surface area (Å²) in [4.78, 5) is 16.5. The molecular weight excluding hydrogens is 339 g/mol. The SMILES string of the molecule is Cc1nc(COc2ccc(C(=O)NCc3ccc(F)cc3)cc2)cs1. The number of amides is 1. The number of nitrogens with one attached hydrogen (secondary N) is 1. The number of hydrogen-bond acceptors (Lipinski definition) is 4. The van der Waals surface area contributed by atoms with Crippen LogP contribution in [-0.2, 0) is 13.2 Å². The van der Waals surface area contributed by atoms with Crippen molar-refractivity contribution in [3.8, 4) is 5.75 Å². The molecule has 4 nitrogen and oxygen atoms in total. The predicted molar refractivity (Wildman–Crippen MR) is 95.2 cm³/mol. The summed E-state index contributed by atoms with van der Waals surface area (Å²) < 4.78 is 18.5. The molecule has 0 aliphatic rings. The highest BCUT2D eigenvalue weighted by atomic mass is 32.1. The van der Waals surface area contributed by atoms with Crippen molar-refractivity contribution in [1.29, 1.82) is 0 Å². The second kappa shape index (κ2) is 7.90. The Hall–Kier alpha value is -2.73. The minimum absolute atomic E-state index is 0.189. The van der Waals surface area contributed by atoms with Crippen LogP contribution < -0.4 is 10.1 Å². The number of ether oxygens (including phenoxy) is 1. The summed E-state index contributed by atoms with van der Waals surface area (Å²) in [6, 6.07) is 13.0. The van der Waals surface area contributed by atoms with Gasteiger partial charge in [-0.05, 0) is 48.9 Å². The second-order valence-electron chi connectivity index (χ2n) is 5.48. The van der Waals surface area contributed by atoms with Crippen molar-refractivity contribution in [2.24, 2.45) is 0 Å². The lowest BCUT2D eigenvalue weighted by Gasteiger charge is -2.07. The number of halogens is 1. The minimum atomic E-state index is -0.293. The lowest BCUT2D eigenvalue weighted by atomic mass is 10.2. The molecule has 0 bridgehead atoms. The first-order valence-electron chi connectivity index (χ1n) is 7.77. The van der Waals surface area contributed by atoms with E-state index >= 15 is 0 Å². The number of thiazole rings is 1. The van der Waals surface area contributed by atoms with Crippen LogP contribution in [-0.4, -0.2) is 10.9 Å². The summed E-state index contributed by atoms with van der Waals surface area (Å²) in [6.45, 7) is 2.70. The van der Waals surface area contributed by atoms with Gasteiger partial charge in [0.2, 0.25) is 0 Å². The quantitative estimate of drug-likeness (QED) is 0.723. The van der Waals surface area contributed by atoms with Gasteiger partial charge in [-0.3, -0.25) is 4.79 Å². The van der Waals surface area contributed by atoms with Gasteiger partial charge in [0.1, 0.15) is 18.2 Å². The van der Waals surface area contributed by atoms with E-state index in [1.165, 1.54) is 12.1 Å². The van der Waals surface area contributed by atoms with Crippen molar-refractivity contribution in [1.82, 2.24) is 10.3 Å². The molecule has 0 atom stereocenters. The largest absolute Gasteiger partial charge is 0.487 e. The van der Waals surface area contributed by atoms with Crippen molar-refractivity contribution in [2.45, 2.75) is 20.1 Å². The Bertz CT molecular complexity index is 845. The standard InChI is InChI=1S/C19H17FN2O2S/c1-13-22-17(12-25-13)11-24-18-8-4-15(5-9-18)19(23)21-10-14-2-6-16(20)7-3-14/h2-9,12H,10-11H2,1H3,(H,21,23). The molecule has 3 aromatic rings. The fourth-order valence-corrected chi connectivity index (χ4v) is 2.82. The summed E-state index contributed by atoms with van der Waals surface area (Å²) in [5.74, 6) is 0.199. The molecule has 0 radical (unpaired) electrons. The van der Waals surface area contributed by atoms with Gasteiger partial charge in [0.25, 0.3) is 5.91 Å². The highest BCUT2D eigenvalue weighted by molar-refractivity contribution is 7.09. The first-order valence-corrected chi connectivity index (χ1v) is 8.64. The number of aryl methyl sites for hydroxylation is 1. The van der Waals surface area contributed by atoms with Gasteiger partial charge in [-0.25, -0.2) is 9.37 Å². The average molecular weight is 356 g/mol. The van der Waals surface area contributed by atoms with Gasteiger partial charge in [0, 0.05) is 17.5 Å². The maximum Gasteiger partial charge on any atom is 0.251 e. The molecule has 0 spiro atoms. The minimum Gasteiger partial charge on any atom is -0.487 e. The van der Waals surface area contributed by atoms with Crippen molar-refractivity contribution in [3.63, 3.8) is 0 Å². The highest BCUT2D eigenvalue weighted by Crippen LogP contribution is 2.15. The molecule has 0 saturated carbocycles. The zero-order chi connectivity index (χ0) is 17.6. The fourth-order valence-electron chi connectivity index (χ4n) is 2.22. The molecule has 0 saturated heterocycles. The van der Waals surface area contributed by atoms with Gasteiger partial charge in [-0.15, -0.1) is 11.3 Å². The summed E-state index contributed by atoms with van der Waals surface area (Å²) in [5.41, 5.74) is 2.27. The molecule has 1 amide bonds. The van der Waals surface area contributed by atoms with Crippen LogP contribution in [0.5, 0.6) is 5.75 Å². The number of carbonyl (C=O) groups excluding carboxylic acids is 1. The van der Waals surface area contributed by atoms with Gasteiger partial charge < -0.3 is 10.1 Å². The Labute approximate surface area is 149 Å². The number of rotatable bonds is 6. The van der Waals surface area contributed by atoms with Gasteiger partial charge in [0.05, 0.1) is 10.7 Å². The van der Waals surface area contributed by atoms with E-state index in [1.54, 1.807) is 47.7 Å². The van der Waals surface area contributed by atoms with Crippen molar-refractivity contribution < 1.29 is 13.9 Å². The first kappa shape index (κ1) is 17.1. The van der Waals surface area contributed by atoms with Crippen LogP contribution in [0.4, 0.5) is 4.39 Å². The van der Waals surface area contributed by atoms with Crippen molar-refractivity contribution in [3.05, 3.63) is 81.6 Å². The lowest BCUT2D eigenvalue weighted by molar-refractivity contribution is 0.0951. The molecule has 3 rings (SSSR count). The molecule has 0 aliphatic carbocycles. The van der Waals surface area contributed by atoms with Crippen LogP contribution in [0.2, 0.25) is 0 Å². The number of nitrogens with zero attached hydrogens (tertiary/aromatic N) is 1. The van der Waals surface area contributed by atoms with Crippen LogP contribution in [0.1, 0.15) is 26.6 Å². The molecule has 0 fully saturated rings. The molecule has 128 valence electrons. The van der Waals surface area contributed by atoms with Gasteiger partial charge in [-0.1, -0.05) is 12.1 Å². The topological polar surface area (TPSA) is 51.2 Å². The zero-order valence-corrected chi connectivity index (χ0v) is 14.5. The summed E-state index contributed by atoms with van der Waals surface area (Å²) in [5, 5.41) is 5.78. The number of carbonyl (C=O) groups is 1.